The molecule has 1 saturated heterocycles. The summed E-state index contributed by atoms with van der Waals surface area (Å²) in [7, 11) is 0. The van der Waals surface area contributed by atoms with E-state index >= 15 is 0 Å². The van der Waals surface area contributed by atoms with E-state index in [1.807, 2.05) is 6.92 Å². The van der Waals surface area contributed by atoms with Crippen molar-refractivity contribution in [3.05, 3.63) is 22.9 Å². The Morgan fingerprint density at radius 1 is 1.50 bits per heavy atom. The molecule has 0 spiro atoms. The van der Waals surface area contributed by atoms with E-state index in [9.17, 15) is 9.59 Å². The van der Waals surface area contributed by atoms with Gasteiger partial charge in [0.05, 0.1) is 18.7 Å². The Labute approximate surface area is 116 Å². The van der Waals surface area contributed by atoms with Gasteiger partial charge in [0.15, 0.2) is 6.10 Å². The van der Waals surface area contributed by atoms with Gasteiger partial charge in [-0.05, 0) is 25.5 Å². The Bertz CT molecular complexity index is 559. The van der Waals surface area contributed by atoms with Crippen molar-refractivity contribution in [1.82, 2.24) is 4.98 Å². The van der Waals surface area contributed by atoms with Crippen LogP contribution in [0, 0.1) is 13.8 Å². The molecule has 1 aliphatic rings. The molecule has 1 aromatic rings. The minimum Gasteiger partial charge on any atom is -0.479 e. The fourth-order valence-electron chi connectivity index (χ4n) is 2.34. The smallest absolute Gasteiger partial charge is 0.334 e. The molecule has 0 saturated carbocycles. The highest BCUT2D eigenvalue weighted by atomic mass is 16.5. The van der Waals surface area contributed by atoms with Crippen LogP contribution < -0.4 is 10.6 Å². The van der Waals surface area contributed by atoms with Gasteiger partial charge < -0.3 is 20.5 Å². The summed E-state index contributed by atoms with van der Waals surface area (Å²) >= 11 is 0. The average Bonchev–Trinajstić information content (AvgIpc) is 2.37. The van der Waals surface area contributed by atoms with E-state index in [-0.39, 0.29) is 13.2 Å². The summed E-state index contributed by atoms with van der Waals surface area (Å²) in [4.78, 5) is 28.7. The van der Waals surface area contributed by atoms with E-state index in [1.54, 1.807) is 17.9 Å². The lowest BCUT2D eigenvalue weighted by atomic mass is 10.1. The number of carboxylic acid groups (broad SMARTS) is 1. The zero-order valence-electron chi connectivity index (χ0n) is 11.4. The predicted molar refractivity (Wildman–Crippen MR) is 71.8 cm³/mol. The molecule has 2 rings (SSSR count). The van der Waals surface area contributed by atoms with Crippen molar-refractivity contribution < 1.29 is 19.4 Å². The van der Waals surface area contributed by atoms with Crippen molar-refractivity contribution in [3.8, 4) is 0 Å². The number of amides is 1. The van der Waals surface area contributed by atoms with Gasteiger partial charge in [-0.3, -0.25) is 4.79 Å². The normalized spacial score (nSPS) is 18.9. The van der Waals surface area contributed by atoms with E-state index in [0.717, 1.165) is 11.3 Å². The van der Waals surface area contributed by atoms with Gasteiger partial charge in [0.25, 0.3) is 5.91 Å². The van der Waals surface area contributed by atoms with Crippen molar-refractivity contribution in [1.29, 1.82) is 0 Å². The maximum Gasteiger partial charge on any atom is 0.334 e. The van der Waals surface area contributed by atoms with Crippen LogP contribution in [0.25, 0.3) is 0 Å². The van der Waals surface area contributed by atoms with E-state index < -0.39 is 18.0 Å². The quantitative estimate of drug-likeness (QED) is 0.812. The topological polar surface area (TPSA) is 106 Å². The number of carbonyl (C=O) groups is 2. The molecule has 108 valence electrons. The molecule has 1 unspecified atom stereocenters. The number of nitrogens with two attached hydrogens (primary N) is 1. The molecule has 20 heavy (non-hydrogen) atoms. The van der Waals surface area contributed by atoms with Gasteiger partial charge in [-0.2, -0.15) is 0 Å². The van der Waals surface area contributed by atoms with Crippen molar-refractivity contribution >= 4 is 17.7 Å². The van der Waals surface area contributed by atoms with Crippen LogP contribution in [-0.2, 0) is 9.53 Å². The van der Waals surface area contributed by atoms with Crippen molar-refractivity contribution in [3.63, 3.8) is 0 Å². The van der Waals surface area contributed by atoms with E-state index in [4.69, 9.17) is 15.6 Å². The summed E-state index contributed by atoms with van der Waals surface area (Å²) in [5.74, 6) is -1.16. The number of hydrogen-bond acceptors (Lipinski definition) is 5. The molecule has 0 aliphatic carbocycles. The second-order valence-electron chi connectivity index (χ2n) is 4.79. The van der Waals surface area contributed by atoms with E-state index in [0.29, 0.717) is 17.9 Å². The lowest BCUT2D eigenvalue weighted by Gasteiger charge is -2.33. The number of carbonyl (C=O) groups excluding carboxylic acids is 1. The van der Waals surface area contributed by atoms with Gasteiger partial charge in [-0.15, -0.1) is 0 Å². The second kappa shape index (κ2) is 5.46. The zero-order chi connectivity index (χ0) is 14.9. The molecule has 1 amide bonds. The third-order valence-electron chi connectivity index (χ3n) is 3.21. The van der Waals surface area contributed by atoms with Gasteiger partial charge in [0.1, 0.15) is 5.82 Å². The van der Waals surface area contributed by atoms with E-state index in [1.165, 1.54) is 0 Å². The molecule has 0 radical (unpaired) electrons. The van der Waals surface area contributed by atoms with Gasteiger partial charge in [0, 0.05) is 12.2 Å². The van der Waals surface area contributed by atoms with Crippen LogP contribution in [0.2, 0.25) is 0 Å². The molecule has 7 heteroatoms. The van der Waals surface area contributed by atoms with Crippen LogP contribution in [-0.4, -0.2) is 47.8 Å². The third kappa shape index (κ3) is 2.72. The number of pyridine rings is 1. The number of aliphatic carboxylic acids is 1. The molecule has 1 atom stereocenters. The predicted octanol–water partition coefficient (Wildman–Crippen LogP) is 0.0871. The molecular weight excluding hydrogens is 262 g/mol. The van der Waals surface area contributed by atoms with Crippen LogP contribution in [0.5, 0.6) is 0 Å². The van der Waals surface area contributed by atoms with Gasteiger partial charge >= 0.3 is 5.97 Å². The van der Waals surface area contributed by atoms with Gasteiger partial charge in [-0.1, -0.05) is 0 Å². The Morgan fingerprint density at radius 3 is 2.80 bits per heavy atom. The molecule has 3 N–H and O–H groups in total. The minimum atomic E-state index is -1.03. The lowest BCUT2D eigenvalue weighted by Crippen LogP contribution is -2.47. The Balaban J connectivity index is 2.41. The summed E-state index contributed by atoms with van der Waals surface area (Å²) in [5, 5.41) is 9.03. The number of aryl methyl sites for hydroxylation is 2. The summed E-state index contributed by atoms with van der Waals surface area (Å²) < 4.78 is 5.17. The second-order valence-corrected chi connectivity index (χ2v) is 4.79. The first-order chi connectivity index (χ1) is 9.40. The number of carboxylic acids is 1. The standard InChI is InChI=1S/C13H17N3O4/c1-7-5-8(2)15-12(10(7)11(14)17)16-3-4-20-9(6-16)13(18)19/h5,9H,3-4,6H2,1-2H3,(H2,14,17)(H,18,19). The van der Waals surface area contributed by atoms with Crippen LogP contribution in [0.4, 0.5) is 5.82 Å². The Morgan fingerprint density at radius 2 is 2.20 bits per heavy atom. The Kier molecular flexibility index (Phi) is 3.89. The number of ether oxygens (including phenoxy) is 1. The largest absolute Gasteiger partial charge is 0.479 e. The highest BCUT2D eigenvalue weighted by Gasteiger charge is 2.29. The third-order valence-corrected chi connectivity index (χ3v) is 3.21. The van der Waals surface area contributed by atoms with Crippen molar-refractivity contribution in [2.75, 3.05) is 24.6 Å². The van der Waals surface area contributed by atoms with E-state index in [2.05, 4.69) is 4.98 Å². The van der Waals surface area contributed by atoms with Crippen molar-refractivity contribution in [2.24, 2.45) is 5.73 Å². The maximum absolute atomic E-state index is 11.6. The molecule has 1 aromatic heterocycles. The number of rotatable bonds is 3. The molecule has 7 nitrogen and oxygen atoms in total. The molecule has 1 aliphatic heterocycles. The van der Waals surface area contributed by atoms with Crippen LogP contribution >= 0.6 is 0 Å². The number of aromatic nitrogens is 1. The number of hydrogen-bond donors (Lipinski definition) is 2. The fraction of sp³-hybridized carbons (Fsp3) is 0.462. The first-order valence-electron chi connectivity index (χ1n) is 6.27. The summed E-state index contributed by atoms with van der Waals surface area (Å²) in [6.07, 6.45) is -0.924. The lowest BCUT2D eigenvalue weighted by molar-refractivity contribution is -0.150. The zero-order valence-corrected chi connectivity index (χ0v) is 11.4. The van der Waals surface area contributed by atoms with Crippen LogP contribution in [0.15, 0.2) is 6.07 Å². The number of nitrogens with zero attached hydrogens (tertiary/aromatic N) is 2. The summed E-state index contributed by atoms with van der Waals surface area (Å²) in [5.41, 5.74) is 7.23. The highest BCUT2D eigenvalue weighted by Crippen LogP contribution is 2.24. The number of primary amides is 1. The molecule has 0 bridgehead atoms. The molecular formula is C13H17N3O4. The molecule has 1 fully saturated rings. The first-order valence-corrected chi connectivity index (χ1v) is 6.27. The molecule has 0 aromatic carbocycles. The van der Waals surface area contributed by atoms with Crippen LogP contribution in [0.3, 0.4) is 0 Å². The number of anilines is 1. The maximum atomic E-state index is 11.6. The van der Waals surface area contributed by atoms with Crippen LogP contribution in [0.1, 0.15) is 21.6 Å². The summed E-state index contributed by atoms with van der Waals surface area (Å²) in [6.45, 7) is 4.49. The van der Waals surface area contributed by atoms with Gasteiger partial charge in [0.2, 0.25) is 0 Å². The fourth-order valence-corrected chi connectivity index (χ4v) is 2.34. The van der Waals surface area contributed by atoms with Crippen molar-refractivity contribution in [2.45, 2.75) is 20.0 Å². The first kappa shape index (κ1) is 14.3. The van der Waals surface area contributed by atoms with Gasteiger partial charge in [-0.25, -0.2) is 9.78 Å². The minimum absolute atomic E-state index is 0.144. The number of morpholine rings is 1. The average molecular weight is 279 g/mol. The Hall–Kier alpha value is -2.15. The SMILES string of the molecule is Cc1cc(C)c(C(N)=O)c(N2CCOC(C(=O)O)C2)n1. The summed E-state index contributed by atoms with van der Waals surface area (Å²) in [6, 6.07) is 1.78. The monoisotopic (exact) mass is 279 g/mol. The molecule has 2 heterocycles. The highest BCUT2D eigenvalue weighted by molar-refractivity contribution is 5.99.